The molecule has 0 unspecified atom stereocenters. The Balaban J connectivity index is 4.00. The van der Waals surface area contributed by atoms with Gasteiger partial charge in [-0.25, -0.2) is 21.9 Å². The lowest BCUT2D eigenvalue weighted by molar-refractivity contribution is -0.0436. The van der Waals surface area contributed by atoms with Gasteiger partial charge in [-0.1, -0.05) is 0 Å². The molecule has 0 aromatic carbocycles. The summed E-state index contributed by atoms with van der Waals surface area (Å²) in [7, 11) is -3.84. The first kappa shape index (κ1) is 12.0. The predicted molar refractivity (Wildman–Crippen MR) is 39.7 cm³/mol. The van der Waals surface area contributed by atoms with Gasteiger partial charge in [-0.2, -0.15) is 0 Å². The second-order valence-electron chi connectivity index (χ2n) is 2.06. The van der Waals surface area contributed by atoms with Gasteiger partial charge in [0.1, 0.15) is 11.8 Å². The largest absolute Gasteiger partial charge is 0.390 e. The van der Waals surface area contributed by atoms with Crippen molar-refractivity contribution in [2.75, 3.05) is 18.4 Å². The van der Waals surface area contributed by atoms with Crippen molar-refractivity contribution in [1.29, 1.82) is 0 Å². The molecule has 0 heterocycles. The van der Waals surface area contributed by atoms with Gasteiger partial charge in [0.2, 0.25) is 10.0 Å². The van der Waals surface area contributed by atoms with Gasteiger partial charge in [0.05, 0.1) is 6.54 Å². The first-order valence-corrected chi connectivity index (χ1v) is 5.04. The molecule has 0 aromatic heterocycles. The summed E-state index contributed by atoms with van der Waals surface area (Å²) in [5.41, 5.74) is 0. The monoisotopic (exact) mass is 223 g/mol. The molecule has 8 heteroatoms. The normalized spacial score (nSPS) is 13.3. The molecule has 0 spiro atoms. The van der Waals surface area contributed by atoms with Crippen molar-refractivity contribution in [1.82, 2.24) is 4.72 Å². The average molecular weight is 224 g/mol. The zero-order valence-corrected chi connectivity index (χ0v) is 7.50. The standard InChI is InChI=1S/C4H8ClF2NO3S/c5-3-12(10,11)8-1-4(6,7)2-9/h8-9H,1-3H2. The van der Waals surface area contributed by atoms with E-state index in [0.717, 1.165) is 0 Å². The highest BCUT2D eigenvalue weighted by Gasteiger charge is 2.29. The van der Waals surface area contributed by atoms with E-state index < -0.39 is 34.3 Å². The first-order chi connectivity index (χ1) is 5.33. The summed E-state index contributed by atoms with van der Waals surface area (Å²) in [4.78, 5) is 0. The van der Waals surface area contributed by atoms with Crippen molar-refractivity contribution in [3.05, 3.63) is 0 Å². The number of hydrogen-bond donors (Lipinski definition) is 2. The van der Waals surface area contributed by atoms with Crippen molar-refractivity contribution in [3.63, 3.8) is 0 Å². The SMILES string of the molecule is O=S(=O)(CCl)NCC(F)(F)CO. The third-order valence-electron chi connectivity index (χ3n) is 0.926. The molecular formula is C4H8ClF2NO3S. The van der Waals surface area contributed by atoms with Crippen LogP contribution in [0.5, 0.6) is 0 Å². The van der Waals surface area contributed by atoms with E-state index in [1.807, 2.05) is 0 Å². The van der Waals surface area contributed by atoms with Gasteiger partial charge in [0.15, 0.2) is 0 Å². The van der Waals surface area contributed by atoms with E-state index in [-0.39, 0.29) is 0 Å². The van der Waals surface area contributed by atoms with E-state index in [9.17, 15) is 17.2 Å². The number of aliphatic hydroxyl groups excluding tert-OH is 1. The molecule has 74 valence electrons. The van der Waals surface area contributed by atoms with Crippen molar-refractivity contribution >= 4 is 21.6 Å². The van der Waals surface area contributed by atoms with Gasteiger partial charge in [-0.05, 0) is 0 Å². The van der Waals surface area contributed by atoms with Crippen LogP contribution in [0.3, 0.4) is 0 Å². The summed E-state index contributed by atoms with van der Waals surface area (Å²) in [6.07, 6.45) is 0. The Morgan fingerprint density at radius 3 is 2.33 bits per heavy atom. The zero-order valence-electron chi connectivity index (χ0n) is 5.93. The van der Waals surface area contributed by atoms with E-state index in [0.29, 0.717) is 0 Å². The van der Waals surface area contributed by atoms with Gasteiger partial charge in [-0.3, -0.25) is 0 Å². The van der Waals surface area contributed by atoms with Crippen LogP contribution in [0.4, 0.5) is 8.78 Å². The average Bonchev–Trinajstić information content (AvgIpc) is 2.02. The fourth-order valence-electron chi connectivity index (χ4n) is 0.310. The molecule has 0 aliphatic heterocycles. The maximum absolute atomic E-state index is 12.2. The molecule has 0 aliphatic carbocycles. The molecule has 2 N–H and O–H groups in total. The summed E-state index contributed by atoms with van der Waals surface area (Å²) in [5, 5.41) is 7.26. The van der Waals surface area contributed by atoms with Crippen LogP contribution in [-0.4, -0.2) is 37.8 Å². The molecule has 0 saturated carbocycles. The van der Waals surface area contributed by atoms with Crippen LogP contribution in [0.2, 0.25) is 0 Å². The highest BCUT2D eigenvalue weighted by molar-refractivity contribution is 7.90. The van der Waals surface area contributed by atoms with Gasteiger partial charge in [-0.15, -0.1) is 11.6 Å². The van der Waals surface area contributed by atoms with Crippen LogP contribution in [-0.2, 0) is 10.0 Å². The zero-order chi connectivity index (χ0) is 9.83. The number of halogens is 3. The fourth-order valence-corrected chi connectivity index (χ4v) is 1.05. The molecule has 0 fully saturated rings. The van der Waals surface area contributed by atoms with Crippen molar-refractivity contribution in [3.8, 4) is 0 Å². The Hall–Kier alpha value is 0.0200. The number of alkyl halides is 3. The van der Waals surface area contributed by atoms with Crippen molar-refractivity contribution in [2.45, 2.75) is 5.92 Å². The summed E-state index contributed by atoms with van der Waals surface area (Å²) < 4.78 is 46.9. The Kier molecular flexibility index (Phi) is 4.32. The molecule has 4 nitrogen and oxygen atoms in total. The molecule has 0 saturated heterocycles. The van der Waals surface area contributed by atoms with Crippen LogP contribution in [0.25, 0.3) is 0 Å². The summed E-state index contributed by atoms with van der Waals surface area (Å²) >= 11 is 4.91. The van der Waals surface area contributed by atoms with E-state index in [2.05, 4.69) is 0 Å². The van der Waals surface area contributed by atoms with E-state index in [1.54, 1.807) is 0 Å². The number of rotatable bonds is 5. The van der Waals surface area contributed by atoms with E-state index in [1.165, 1.54) is 4.72 Å². The molecular weight excluding hydrogens is 216 g/mol. The lowest BCUT2D eigenvalue weighted by Gasteiger charge is -2.12. The molecule has 0 bridgehead atoms. The van der Waals surface area contributed by atoms with Crippen molar-refractivity contribution < 1.29 is 22.3 Å². The smallest absolute Gasteiger partial charge is 0.283 e. The van der Waals surface area contributed by atoms with E-state index >= 15 is 0 Å². The molecule has 0 atom stereocenters. The maximum Gasteiger partial charge on any atom is 0.283 e. The molecule has 12 heavy (non-hydrogen) atoms. The Morgan fingerprint density at radius 2 is 2.00 bits per heavy atom. The minimum absolute atomic E-state index is 0.783. The van der Waals surface area contributed by atoms with Gasteiger partial charge in [0, 0.05) is 0 Å². The molecule has 0 aliphatic rings. The van der Waals surface area contributed by atoms with E-state index in [4.69, 9.17) is 16.7 Å². The van der Waals surface area contributed by atoms with Crippen LogP contribution in [0, 0.1) is 0 Å². The van der Waals surface area contributed by atoms with Gasteiger partial charge in [0.25, 0.3) is 5.92 Å². The van der Waals surface area contributed by atoms with Gasteiger partial charge >= 0.3 is 0 Å². The Labute approximate surface area is 73.6 Å². The van der Waals surface area contributed by atoms with Crippen LogP contribution in [0.1, 0.15) is 0 Å². The van der Waals surface area contributed by atoms with Crippen LogP contribution >= 0.6 is 11.6 Å². The molecule has 0 amide bonds. The molecule has 0 rings (SSSR count). The van der Waals surface area contributed by atoms with Crippen LogP contribution in [0.15, 0.2) is 0 Å². The fraction of sp³-hybridized carbons (Fsp3) is 1.00. The first-order valence-electron chi connectivity index (χ1n) is 2.85. The number of aliphatic hydroxyl groups is 1. The van der Waals surface area contributed by atoms with Crippen LogP contribution < -0.4 is 4.72 Å². The highest BCUT2D eigenvalue weighted by atomic mass is 35.5. The predicted octanol–water partition coefficient (Wildman–Crippen LogP) is -0.270. The topological polar surface area (TPSA) is 66.4 Å². The summed E-state index contributed by atoms with van der Waals surface area (Å²) in [5.74, 6) is -3.45. The quantitative estimate of drug-likeness (QED) is 0.631. The minimum atomic E-state index is -3.84. The Bertz CT molecular complexity index is 230. The lowest BCUT2D eigenvalue weighted by Crippen LogP contribution is -2.39. The van der Waals surface area contributed by atoms with Crippen molar-refractivity contribution in [2.24, 2.45) is 0 Å². The number of nitrogens with one attached hydrogen (secondary N) is 1. The molecule has 0 radical (unpaired) electrons. The third kappa shape index (κ3) is 4.81. The maximum atomic E-state index is 12.2. The van der Waals surface area contributed by atoms with Gasteiger partial charge < -0.3 is 5.11 Å². The lowest BCUT2D eigenvalue weighted by atomic mass is 10.4. The number of sulfonamides is 1. The highest BCUT2D eigenvalue weighted by Crippen LogP contribution is 2.10. The third-order valence-corrected chi connectivity index (χ3v) is 2.66. The minimum Gasteiger partial charge on any atom is -0.390 e. The second kappa shape index (κ2) is 4.31. The second-order valence-corrected chi connectivity index (χ2v) is 4.45. The summed E-state index contributed by atoms with van der Waals surface area (Å²) in [6.45, 7) is -2.55. The Morgan fingerprint density at radius 1 is 1.50 bits per heavy atom. The number of hydrogen-bond acceptors (Lipinski definition) is 3. The summed E-state index contributed by atoms with van der Waals surface area (Å²) in [6, 6.07) is 0. The molecule has 0 aromatic rings.